The Kier molecular flexibility index (Phi) is 4.37. The highest BCUT2D eigenvalue weighted by Gasteiger charge is 2.20. The summed E-state index contributed by atoms with van der Waals surface area (Å²) in [6, 6.07) is 7.63. The van der Waals surface area contributed by atoms with Crippen LogP contribution in [0.2, 0.25) is 0 Å². The van der Waals surface area contributed by atoms with Gasteiger partial charge in [0.25, 0.3) is 0 Å². The van der Waals surface area contributed by atoms with Crippen molar-refractivity contribution in [3.8, 4) is 0 Å². The number of imidazole rings is 1. The second-order valence-electron chi connectivity index (χ2n) is 5.65. The number of carbonyl (C=O) groups excluding carboxylic acids is 1. The molecule has 0 aliphatic heterocycles. The molecule has 2 rings (SSSR count). The number of rotatable bonds is 2. The highest BCUT2D eigenvalue weighted by molar-refractivity contribution is 9.10. The van der Waals surface area contributed by atoms with E-state index in [4.69, 9.17) is 4.74 Å². The highest BCUT2D eigenvalue weighted by Crippen LogP contribution is 2.16. The molecule has 6 heteroatoms. The largest absolute Gasteiger partial charge is 0.443 e. The highest BCUT2D eigenvalue weighted by atomic mass is 79.9. The van der Waals surface area contributed by atoms with Gasteiger partial charge in [0, 0.05) is 16.9 Å². The molecule has 0 bridgehead atoms. The van der Waals surface area contributed by atoms with Gasteiger partial charge in [0.15, 0.2) is 0 Å². The van der Waals surface area contributed by atoms with Crippen molar-refractivity contribution in [2.75, 3.05) is 0 Å². The molecule has 2 aromatic rings. The van der Waals surface area contributed by atoms with E-state index < -0.39 is 17.4 Å². The first-order valence-corrected chi connectivity index (χ1v) is 7.32. The number of halogens is 1. The van der Waals surface area contributed by atoms with Gasteiger partial charge in [-0.1, -0.05) is 34.1 Å². The quantitative estimate of drug-likeness (QED) is 0.833. The Balaban J connectivity index is 2.24. The van der Waals surface area contributed by atoms with Crippen LogP contribution in [0.3, 0.4) is 0 Å². The van der Waals surface area contributed by atoms with Crippen LogP contribution >= 0.6 is 15.9 Å². The molecule has 0 radical (unpaired) electrons. The fraction of sp³-hybridized carbons (Fsp3) is 0.333. The predicted octanol–water partition coefficient (Wildman–Crippen LogP) is 3.24. The van der Waals surface area contributed by atoms with Gasteiger partial charge in [0.2, 0.25) is 0 Å². The number of hydrogen-bond donors (Lipinski definition) is 0. The Bertz CT molecular complexity index is 710. The van der Waals surface area contributed by atoms with E-state index in [0.717, 1.165) is 14.6 Å². The summed E-state index contributed by atoms with van der Waals surface area (Å²) in [4.78, 5) is 24.2. The lowest BCUT2D eigenvalue weighted by molar-refractivity contribution is 0.0530. The normalized spacial score (nSPS) is 11.4. The van der Waals surface area contributed by atoms with Crippen molar-refractivity contribution < 1.29 is 9.53 Å². The fourth-order valence-corrected chi connectivity index (χ4v) is 2.20. The van der Waals surface area contributed by atoms with E-state index in [0.29, 0.717) is 6.54 Å². The molecular weight excluding hydrogens is 336 g/mol. The average Bonchev–Trinajstić information content (AvgIpc) is 2.72. The maximum atomic E-state index is 12.2. The van der Waals surface area contributed by atoms with Crippen LogP contribution in [0.4, 0.5) is 4.79 Å². The molecule has 112 valence electrons. The van der Waals surface area contributed by atoms with Gasteiger partial charge in [-0.25, -0.2) is 14.2 Å². The minimum absolute atomic E-state index is 0.385. The number of carbonyl (C=O) groups is 1. The zero-order valence-electron chi connectivity index (χ0n) is 12.2. The van der Waals surface area contributed by atoms with Gasteiger partial charge in [-0.15, -0.1) is 0 Å². The molecule has 0 aliphatic carbocycles. The van der Waals surface area contributed by atoms with Crippen molar-refractivity contribution in [1.29, 1.82) is 0 Å². The third kappa shape index (κ3) is 3.85. The van der Waals surface area contributed by atoms with E-state index in [1.165, 1.54) is 10.8 Å². The van der Waals surface area contributed by atoms with E-state index >= 15 is 0 Å². The molecule has 0 unspecified atom stereocenters. The van der Waals surface area contributed by atoms with E-state index in [1.807, 2.05) is 24.3 Å². The summed E-state index contributed by atoms with van der Waals surface area (Å²) in [5.74, 6) is 0. The van der Waals surface area contributed by atoms with Crippen LogP contribution in [0.5, 0.6) is 0 Å². The van der Waals surface area contributed by atoms with E-state index in [1.54, 1.807) is 27.0 Å². The van der Waals surface area contributed by atoms with Gasteiger partial charge < -0.3 is 4.74 Å². The van der Waals surface area contributed by atoms with Crippen molar-refractivity contribution in [2.24, 2.45) is 0 Å². The third-order valence-corrected chi connectivity index (χ3v) is 3.51. The Hall–Kier alpha value is -1.82. The van der Waals surface area contributed by atoms with Crippen LogP contribution in [0.1, 0.15) is 26.3 Å². The van der Waals surface area contributed by atoms with Crippen LogP contribution in [0, 0.1) is 0 Å². The number of benzene rings is 1. The molecular formula is C15H17BrN2O3. The monoisotopic (exact) mass is 352 g/mol. The molecule has 0 aliphatic rings. The lowest BCUT2D eigenvalue weighted by Gasteiger charge is -2.18. The zero-order chi connectivity index (χ0) is 15.6. The van der Waals surface area contributed by atoms with Gasteiger partial charge >= 0.3 is 11.8 Å². The van der Waals surface area contributed by atoms with Crippen LogP contribution in [0.15, 0.2) is 45.9 Å². The first-order chi connectivity index (χ1) is 9.78. The van der Waals surface area contributed by atoms with E-state index in [2.05, 4.69) is 15.9 Å². The van der Waals surface area contributed by atoms with Crippen molar-refractivity contribution >= 4 is 22.0 Å². The van der Waals surface area contributed by atoms with Crippen molar-refractivity contribution in [3.05, 3.63) is 57.2 Å². The second kappa shape index (κ2) is 5.89. The molecule has 0 amide bonds. The molecule has 0 saturated carbocycles. The van der Waals surface area contributed by atoms with Crippen molar-refractivity contribution in [1.82, 2.24) is 9.13 Å². The van der Waals surface area contributed by atoms with Crippen molar-refractivity contribution in [3.63, 3.8) is 0 Å². The van der Waals surface area contributed by atoms with E-state index in [9.17, 15) is 9.59 Å². The van der Waals surface area contributed by atoms with E-state index in [-0.39, 0.29) is 0 Å². The molecule has 0 fully saturated rings. The topological polar surface area (TPSA) is 53.2 Å². The average molecular weight is 353 g/mol. The molecule has 0 N–H and O–H groups in total. The summed E-state index contributed by atoms with van der Waals surface area (Å²) in [6.07, 6.45) is 2.33. The van der Waals surface area contributed by atoms with Gasteiger partial charge in [-0.05, 0) is 32.4 Å². The lowest BCUT2D eigenvalue weighted by Crippen LogP contribution is -2.34. The molecule has 0 saturated heterocycles. The molecule has 1 heterocycles. The Morgan fingerprint density at radius 3 is 2.52 bits per heavy atom. The Labute approximate surface area is 131 Å². The summed E-state index contributed by atoms with van der Waals surface area (Å²) >= 11 is 3.44. The first kappa shape index (κ1) is 15.6. The SMILES string of the molecule is CC(C)(C)OC(=O)n1ccn(Cc2ccccc2Br)c1=O. The van der Waals surface area contributed by atoms with Gasteiger partial charge in [0.05, 0.1) is 6.54 Å². The number of ether oxygens (including phenoxy) is 1. The smallest absolute Gasteiger partial charge is 0.422 e. The van der Waals surface area contributed by atoms with Crippen LogP contribution < -0.4 is 5.69 Å². The van der Waals surface area contributed by atoms with Gasteiger partial charge in [-0.2, -0.15) is 0 Å². The molecule has 5 nitrogen and oxygen atoms in total. The zero-order valence-corrected chi connectivity index (χ0v) is 13.8. The summed E-state index contributed by atoms with van der Waals surface area (Å²) in [5.41, 5.74) is -0.0947. The Morgan fingerprint density at radius 2 is 1.90 bits per heavy atom. The summed E-state index contributed by atoms with van der Waals surface area (Å²) in [7, 11) is 0. The second-order valence-corrected chi connectivity index (χ2v) is 6.50. The molecule has 21 heavy (non-hydrogen) atoms. The number of aromatic nitrogens is 2. The molecule has 0 atom stereocenters. The molecule has 1 aromatic carbocycles. The van der Waals surface area contributed by atoms with Crippen LogP contribution in [-0.4, -0.2) is 20.8 Å². The van der Waals surface area contributed by atoms with Crippen molar-refractivity contribution in [2.45, 2.75) is 32.9 Å². The maximum Gasteiger partial charge on any atom is 0.422 e. The third-order valence-electron chi connectivity index (χ3n) is 2.74. The number of hydrogen-bond acceptors (Lipinski definition) is 3. The fourth-order valence-electron chi connectivity index (χ4n) is 1.79. The van der Waals surface area contributed by atoms with Gasteiger partial charge in [-0.3, -0.25) is 4.57 Å². The number of nitrogens with zero attached hydrogens (tertiary/aromatic N) is 2. The minimum Gasteiger partial charge on any atom is -0.443 e. The van der Waals surface area contributed by atoms with Crippen LogP contribution in [-0.2, 0) is 11.3 Å². The Morgan fingerprint density at radius 1 is 1.24 bits per heavy atom. The lowest BCUT2D eigenvalue weighted by atomic mass is 10.2. The summed E-state index contributed by atoms with van der Waals surface area (Å²) in [6.45, 7) is 5.66. The summed E-state index contributed by atoms with van der Waals surface area (Å²) in [5, 5.41) is 0. The van der Waals surface area contributed by atoms with Crippen LogP contribution in [0.25, 0.3) is 0 Å². The van der Waals surface area contributed by atoms with Gasteiger partial charge in [0.1, 0.15) is 5.60 Å². The predicted molar refractivity (Wildman–Crippen MR) is 83.6 cm³/mol. The minimum atomic E-state index is -0.668. The first-order valence-electron chi connectivity index (χ1n) is 6.52. The molecule has 0 spiro atoms. The summed E-state index contributed by atoms with van der Waals surface area (Å²) < 4.78 is 8.55. The molecule has 1 aromatic heterocycles. The standard InChI is InChI=1S/C15H17BrN2O3/c1-15(2,3)21-14(20)18-9-8-17(13(18)19)10-11-6-4-5-7-12(11)16/h4-9H,10H2,1-3H3. The maximum absolute atomic E-state index is 12.2.